The van der Waals surface area contributed by atoms with E-state index >= 15 is 0 Å². The lowest BCUT2D eigenvalue weighted by Gasteiger charge is -2.20. The minimum atomic E-state index is -0.858. The lowest BCUT2D eigenvalue weighted by atomic mass is 10.0. The standard InChI is InChI=1S/C17H26N2O5/c1-5-12(6-2)18-14(20)10-24-17(22)15(11(3)4)19-16(21)13-8-7-9-23-13/h7-9,11-12,15H,5-6,10H2,1-4H3,(H,18,20)(H,19,21)/t15-/m0/s1. The van der Waals surface area contributed by atoms with Crippen molar-refractivity contribution in [1.29, 1.82) is 0 Å². The predicted molar refractivity (Wildman–Crippen MR) is 88.3 cm³/mol. The van der Waals surface area contributed by atoms with Crippen LogP contribution in [0.1, 0.15) is 51.1 Å². The molecule has 134 valence electrons. The number of amides is 2. The molecule has 7 nitrogen and oxygen atoms in total. The van der Waals surface area contributed by atoms with Gasteiger partial charge in [0.1, 0.15) is 6.04 Å². The van der Waals surface area contributed by atoms with Gasteiger partial charge in [0.15, 0.2) is 12.4 Å². The summed E-state index contributed by atoms with van der Waals surface area (Å²) in [5.74, 6) is -1.59. The number of esters is 1. The van der Waals surface area contributed by atoms with Crippen molar-refractivity contribution in [3.63, 3.8) is 0 Å². The van der Waals surface area contributed by atoms with Crippen LogP contribution in [-0.2, 0) is 14.3 Å². The van der Waals surface area contributed by atoms with Crippen LogP contribution >= 0.6 is 0 Å². The summed E-state index contributed by atoms with van der Waals surface area (Å²) in [6, 6.07) is 2.29. The van der Waals surface area contributed by atoms with Gasteiger partial charge >= 0.3 is 5.97 Å². The third-order valence-electron chi connectivity index (χ3n) is 3.65. The van der Waals surface area contributed by atoms with E-state index in [1.807, 2.05) is 13.8 Å². The number of hydrogen-bond donors (Lipinski definition) is 2. The van der Waals surface area contributed by atoms with Gasteiger partial charge < -0.3 is 19.8 Å². The zero-order valence-corrected chi connectivity index (χ0v) is 14.6. The average Bonchev–Trinajstić information content (AvgIpc) is 3.09. The van der Waals surface area contributed by atoms with Crippen molar-refractivity contribution in [2.24, 2.45) is 5.92 Å². The first-order valence-electron chi connectivity index (χ1n) is 8.19. The second-order valence-electron chi connectivity index (χ2n) is 5.86. The highest BCUT2D eigenvalue weighted by Gasteiger charge is 2.27. The monoisotopic (exact) mass is 338 g/mol. The van der Waals surface area contributed by atoms with Gasteiger partial charge in [-0.3, -0.25) is 9.59 Å². The fourth-order valence-corrected chi connectivity index (χ4v) is 2.11. The van der Waals surface area contributed by atoms with E-state index in [0.717, 1.165) is 12.8 Å². The van der Waals surface area contributed by atoms with Gasteiger partial charge in [0.05, 0.1) is 6.26 Å². The number of ether oxygens (including phenoxy) is 1. The number of nitrogens with one attached hydrogen (secondary N) is 2. The zero-order chi connectivity index (χ0) is 18.1. The summed E-state index contributed by atoms with van der Waals surface area (Å²) in [6.45, 7) is 7.13. The van der Waals surface area contributed by atoms with Crippen LogP contribution in [0.15, 0.2) is 22.8 Å². The van der Waals surface area contributed by atoms with Crippen molar-refractivity contribution in [3.05, 3.63) is 24.2 Å². The molecule has 2 amide bonds. The average molecular weight is 338 g/mol. The van der Waals surface area contributed by atoms with Gasteiger partial charge in [-0.05, 0) is 30.9 Å². The van der Waals surface area contributed by atoms with Gasteiger partial charge in [0.2, 0.25) is 0 Å². The van der Waals surface area contributed by atoms with Crippen LogP contribution in [0.3, 0.4) is 0 Å². The Morgan fingerprint density at radius 2 is 1.83 bits per heavy atom. The van der Waals surface area contributed by atoms with E-state index in [-0.39, 0.29) is 30.2 Å². The van der Waals surface area contributed by atoms with Gasteiger partial charge in [-0.25, -0.2) is 4.79 Å². The van der Waals surface area contributed by atoms with Crippen molar-refractivity contribution in [2.45, 2.75) is 52.6 Å². The van der Waals surface area contributed by atoms with Crippen LogP contribution in [-0.4, -0.2) is 36.5 Å². The van der Waals surface area contributed by atoms with E-state index in [9.17, 15) is 14.4 Å². The Hall–Kier alpha value is -2.31. The topological polar surface area (TPSA) is 97.6 Å². The normalized spacial score (nSPS) is 12.1. The Morgan fingerprint density at radius 3 is 2.33 bits per heavy atom. The van der Waals surface area contributed by atoms with E-state index < -0.39 is 17.9 Å². The maximum atomic E-state index is 12.2. The predicted octanol–water partition coefficient (Wildman–Crippen LogP) is 1.88. The van der Waals surface area contributed by atoms with Crippen molar-refractivity contribution < 1.29 is 23.5 Å². The first kappa shape index (κ1) is 19.7. The highest BCUT2D eigenvalue weighted by Crippen LogP contribution is 2.07. The van der Waals surface area contributed by atoms with Gasteiger partial charge in [-0.2, -0.15) is 0 Å². The molecular formula is C17H26N2O5. The Bertz CT molecular complexity index is 535. The molecule has 7 heteroatoms. The summed E-state index contributed by atoms with van der Waals surface area (Å²) in [7, 11) is 0. The molecular weight excluding hydrogens is 312 g/mol. The Kier molecular flexibility index (Phi) is 8.01. The minimum Gasteiger partial charge on any atom is -0.459 e. The Morgan fingerprint density at radius 1 is 1.17 bits per heavy atom. The quantitative estimate of drug-likeness (QED) is 0.670. The molecule has 0 bridgehead atoms. The van der Waals surface area contributed by atoms with E-state index in [2.05, 4.69) is 10.6 Å². The number of furan rings is 1. The van der Waals surface area contributed by atoms with Gasteiger partial charge in [-0.15, -0.1) is 0 Å². The Labute approximate surface area is 142 Å². The third-order valence-corrected chi connectivity index (χ3v) is 3.65. The lowest BCUT2D eigenvalue weighted by Crippen LogP contribution is -2.46. The van der Waals surface area contributed by atoms with Gasteiger partial charge in [-0.1, -0.05) is 27.7 Å². The molecule has 0 radical (unpaired) electrons. The highest BCUT2D eigenvalue weighted by molar-refractivity contribution is 5.94. The molecule has 1 aromatic rings. The van der Waals surface area contributed by atoms with Crippen molar-refractivity contribution in [1.82, 2.24) is 10.6 Å². The molecule has 0 fully saturated rings. The summed E-state index contributed by atoms with van der Waals surface area (Å²) in [5.41, 5.74) is 0. The summed E-state index contributed by atoms with van der Waals surface area (Å²) < 4.78 is 10.0. The van der Waals surface area contributed by atoms with E-state index in [1.54, 1.807) is 19.9 Å². The van der Waals surface area contributed by atoms with Gasteiger partial charge in [0.25, 0.3) is 11.8 Å². The van der Waals surface area contributed by atoms with Crippen molar-refractivity contribution in [2.75, 3.05) is 6.61 Å². The first-order valence-corrected chi connectivity index (χ1v) is 8.19. The molecule has 2 N–H and O–H groups in total. The van der Waals surface area contributed by atoms with E-state index in [1.165, 1.54) is 12.3 Å². The maximum Gasteiger partial charge on any atom is 0.329 e. The maximum absolute atomic E-state index is 12.2. The highest BCUT2D eigenvalue weighted by atomic mass is 16.5. The molecule has 0 unspecified atom stereocenters. The zero-order valence-electron chi connectivity index (χ0n) is 14.6. The molecule has 0 aliphatic rings. The van der Waals surface area contributed by atoms with Gasteiger partial charge in [0, 0.05) is 6.04 Å². The summed E-state index contributed by atoms with van der Waals surface area (Å²) in [5, 5.41) is 5.35. The molecule has 0 aliphatic carbocycles. The summed E-state index contributed by atoms with van der Waals surface area (Å²) in [4.78, 5) is 36.0. The first-order chi connectivity index (χ1) is 11.4. The Balaban J connectivity index is 2.54. The second-order valence-corrected chi connectivity index (χ2v) is 5.86. The van der Waals surface area contributed by atoms with Crippen LogP contribution in [0, 0.1) is 5.92 Å². The minimum absolute atomic E-state index is 0.0655. The number of carbonyl (C=O) groups is 3. The van der Waals surface area contributed by atoms with Crippen LogP contribution in [0.2, 0.25) is 0 Å². The van der Waals surface area contributed by atoms with Crippen LogP contribution in [0.4, 0.5) is 0 Å². The molecule has 0 saturated carbocycles. The van der Waals surface area contributed by atoms with Crippen LogP contribution < -0.4 is 10.6 Å². The molecule has 0 saturated heterocycles. The van der Waals surface area contributed by atoms with Crippen LogP contribution in [0.5, 0.6) is 0 Å². The SMILES string of the molecule is CCC(CC)NC(=O)COC(=O)[C@@H](NC(=O)c1ccco1)C(C)C. The number of carbonyl (C=O) groups excluding carboxylic acids is 3. The molecule has 1 rings (SSSR count). The third kappa shape index (κ3) is 6.06. The van der Waals surface area contributed by atoms with Crippen molar-refractivity contribution >= 4 is 17.8 Å². The summed E-state index contributed by atoms with van der Waals surface area (Å²) >= 11 is 0. The molecule has 1 heterocycles. The molecule has 0 aromatic carbocycles. The molecule has 0 aliphatic heterocycles. The molecule has 0 spiro atoms. The smallest absolute Gasteiger partial charge is 0.329 e. The number of rotatable bonds is 9. The fourth-order valence-electron chi connectivity index (χ4n) is 2.11. The number of hydrogen-bond acceptors (Lipinski definition) is 5. The summed E-state index contributed by atoms with van der Waals surface area (Å²) in [6.07, 6.45) is 2.99. The second kappa shape index (κ2) is 9.75. The molecule has 1 aromatic heterocycles. The van der Waals surface area contributed by atoms with Crippen LogP contribution in [0.25, 0.3) is 0 Å². The fraction of sp³-hybridized carbons (Fsp3) is 0.588. The van der Waals surface area contributed by atoms with E-state index in [0.29, 0.717) is 0 Å². The van der Waals surface area contributed by atoms with Crippen molar-refractivity contribution in [3.8, 4) is 0 Å². The molecule has 24 heavy (non-hydrogen) atoms. The lowest BCUT2D eigenvalue weighted by molar-refractivity contribution is -0.151. The largest absolute Gasteiger partial charge is 0.459 e. The van der Waals surface area contributed by atoms with E-state index in [4.69, 9.17) is 9.15 Å². The molecule has 1 atom stereocenters.